The molecule has 0 radical (unpaired) electrons. The van der Waals surface area contributed by atoms with Crippen molar-refractivity contribution in [3.63, 3.8) is 0 Å². The van der Waals surface area contributed by atoms with Crippen molar-refractivity contribution < 1.29 is 17.8 Å². The van der Waals surface area contributed by atoms with Crippen molar-refractivity contribution in [2.75, 3.05) is 13.1 Å². The van der Waals surface area contributed by atoms with Crippen LogP contribution in [0, 0.1) is 0 Å². The van der Waals surface area contributed by atoms with Gasteiger partial charge in [-0.1, -0.05) is 18.2 Å². The highest BCUT2D eigenvalue weighted by Gasteiger charge is 2.04. The van der Waals surface area contributed by atoms with Gasteiger partial charge in [0, 0.05) is 18.7 Å². The molecule has 0 bridgehead atoms. The quantitative estimate of drug-likeness (QED) is 0.494. The van der Waals surface area contributed by atoms with Crippen molar-refractivity contribution in [2.24, 2.45) is 0 Å². The van der Waals surface area contributed by atoms with Crippen LogP contribution in [-0.4, -0.2) is 32.0 Å². The predicted molar refractivity (Wildman–Crippen MR) is 58.3 cm³/mol. The van der Waals surface area contributed by atoms with Gasteiger partial charge in [-0.15, -0.1) is 0 Å². The van der Waals surface area contributed by atoms with E-state index < -0.39 is 10.3 Å². The lowest BCUT2D eigenvalue weighted by atomic mass is 10.2. The van der Waals surface area contributed by atoms with Crippen molar-refractivity contribution in [2.45, 2.75) is 0 Å². The van der Waals surface area contributed by atoms with Crippen LogP contribution in [-0.2, 0) is 10.3 Å². The van der Waals surface area contributed by atoms with Gasteiger partial charge in [0.25, 0.3) is 5.91 Å². The van der Waals surface area contributed by atoms with Crippen LogP contribution in [0.3, 0.4) is 0 Å². The highest BCUT2D eigenvalue weighted by Crippen LogP contribution is 1.96. The lowest BCUT2D eigenvalue weighted by Gasteiger charge is -2.04. The first kappa shape index (κ1) is 12.6. The monoisotopic (exact) mass is 244 g/mol. The van der Waals surface area contributed by atoms with Crippen LogP contribution in [0.4, 0.5) is 0 Å². The molecular weight excluding hydrogens is 232 g/mol. The Morgan fingerprint density at radius 2 is 1.81 bits per heavy atom. The number of benzene rings is 1. The van der Waals surface area contributed by atoms with Gasteiger partial charge in [-0.2, -0.15) is 13.1 Å². The minimum absolute atomic E-state index is 0.0581. The highest BCUT2D eigenvalue weighted by molar-refractivity contribution is 7.83. The van der Waals surface area contributed by atoms with Gasteiger partial charge in [0.2, 0.25) is 0 Å². The van der Waals surface area contributed by atoms with Crippen molar-refractivity contribution in [3.8, 4) is 0 Å². The largest absolute Gasteiger partial charge is 0.351 e. The van der Waals surface area contributed by atoms with Crippen molar-refractivity contribution in [1.82, 2.24) is 10.0 Å². The number of rotatable bonds is 5. The van der Waals surface area contributed by atoms with Gasteiger partial charge in [-0.25, -0.2) is 0 Å². The van der Waals surface area contributed by atoms with Gasteiger partial charge in [0.15, 0.2) is 0 Å². The summed E-state index contributed by atoms with van der Waals surface area (Å²) in [6.45, 7) is 0.0466. The molecule has 3 N–H and O–H groups in total. The molecule has 1 aromatic rings. The second-order valence-electron chi connectivity index (χ2n) is 2.99. The van der Waals surface area contributed by atoms with E-state index >= 15 is 0 Å². The van der Waals surface area contributed by atoms with Crippen LogP contribution in [0.2, 0.25) is 0 Å². The fraction of sp³-hybridized carbons (Fsp3) is 0.222. The highest BCUT2D eigenvalue weighted by atomic mass is 32.2. The maximum atomic E-state index is 11.4. The zero-order chi connectivity index (χ0) is 12.0. The fourth-order valence-corrected chi connectivity index (χ4v) is 1.41. The molecule has 1 aromatic carbocycles. The Bertz CT molecular complexity index is 444. The number of carbonyl (C=O) groups excluding carboxylic acids is 1. The summed E-state index contributed by atoms with van der Waals surface area (Å²) in [5, 5.41) is 2.49. The first-order valence-corrected chi connectivity index (χ1v) is 5.98. The average molecular weight is 244 g/mol. The van der Waals surface area contributed by atoms with Crippen LogP contribution >= 0.6 is 0 Å². The van der Waals surface area contributed by atoms with Crippen LogP contribution in [0.5, 0.6) is 0 Å². The van der Waals surface area contributed by atoms with Crippen LogP contribution in [0.1, 0.15) is 10.4 Å². The average Bonchev–Trinajstić information content (AvgIpc) is 2.24. The van der Waals surface area contributed by atoms with Gasteiger partial charge in [-0.05, 0) is 12.1 Å². The lowest BCUT2D eigenvalue weighted by molar-refractivity contribution is 0.0954. The SMILES string of the molecule is O=C(NCCNS(=O)(=O)O)c1ccccc1. The van der Waals surface area contributed by atoms with E-state index in [2.05, 4.69) is 5.32 Å². The molecule has 0 aliphatic heterocycles. The van der Waals surface area contributed by atoms with Crippen LogP contribution in [0.15, 0.2) is 30.3 Å². The molecule has 0 unspecified atom stereocenters. The number of hydrogen-bond donors (Lipinski definition) is 3. The molecule has 1 rings (SSSR count). The van der Waals surface area contributed by atoms with Gasteiger partial charge >= 0.3 is 10.3 Å². The Labute approximate surface area is 93.6 Å². The summed E-state index contributed by atoms with van der Waals surface area (Å²) in [6.07, 6.45) is 0. The summed E-state index contributed by atoms with van der Waals surface area (Å²) in [7, 11) is -4.19. The normalized spacial score (nSPS) is 11.1. The second-order valence-corrected chi connectivity index (χ2v) is 4.23. The van der Waals surface area contributed by atoms with Gasteiger partial charge < -0.3 is 5.32 Å². The molecule has 7 heteroatoms. The van der Waals surface area contributed by atoms with Crippen molar-refractivity contribution in [3.05, 3.63) is 35.9 Å². The molecular formula is C9H12N2O4S. The molecule has 1 amide bonds. The number of nitrogens with one attached hydrogen (secondary N) is 2. The third-order valence-electron chi connectivity index (χ3n) is 1.73. The minimum atomic E-state index is -4.19. The first-order chi connectivity index (χ1) is 7.49. The minimum Gasteiger partial charge on any atom is -0.351 e. The van der Waals surface area contributed by atoms with Crippen molar-refractivity contribution >= 4 is 16.2 Å². The Morgan fingerprint density at radius 1 is 1.19 bits per heavy atom. The van der Waals surface area contributed by atoms with Gasteiger partial charge in [0.05, 0.1) is 0 Å². The molecule has 0 aliphatic rings. The van der Waals surface area contributed by atoms with E-state index in [-0.39, 0.29) is 19.0 Å². The fourth-order valence-electron chi connectivity index (χ4n) is 1.05. The second kappa shape index (κ2) is 5.59. The molecule has 0 aliphatic carbocycles. The number of hydrogen-bond acceptors (Lipinski definition) is 3. The topological polar surface area (TPSA) is 95.5 Å². The Balaban J connectivity index is 2.32. The summed E-state index contributed by atoms with van der Waals surface area (Å²) < 4.78 is 30.7. The van der Waals surface area contributed by atoms with E-state index in [1.807, 2.05) is 4.72 Å². The Hall–Kier alpha value is -1.44. The molecule has 88 valence electrons. The van der Waals surface area contributed by atoms with Crippen molar-refractivity contribution in [1.29, 1.82) is 0 Å². The van der Waals surface area contributed by atoms with Gasteiger partial charge in [-0.3, -0.25) is 9.35 Å². The first-order valence-electron chi connectivity index (χ1n) is 4.54. The van der Waals surface area contributed by atoms with E-state index in [1.165, 1.54) is 0 Å². The molecule has 0 saturated heterocycles. The number of amides is 1. The standard InChI is InChI=1S/C9H12N2O4S/c12-9(8-4-2-1-3-5-8)10-6-7-11-16(13,14)15/h1-5,11H,6-7H2,(H,10,12)(H,13,14,15). The molecule has 0 heterocycles. The Kier molecular flexibility index (Phi) is 4.41. The van der Waals surface area contributed by atoms with Crippen LogP contribution in [0.25, 0.3) is 0 Å². The van der Waals surface area contributed by atoms with E-state index in [0.29, 0.717) is 5.56 Å². The van der Waals surface area contributed by atoms with E-state index in [9.17, 15) is 13.2 Å². The molecule has 16 heavy (non-hydrogen) atoms. The van der Waals surface area contributed by atoms with Crippen LogP contribution < -0.4 is 10.0 Å². The maximum Gasteiger partial charge on any atom is 0.333 e. The predicted octanol–water partition coefficient (Wildman–Crippen LogP) is -0.191. The third-order valence-corrected chi connectivity index (χ3v) is 2.30. The summed E-state index contributed by atoms with van der Waals surface area (Å²) in [5.41, 5.74) is 0.495. The smallest absolute Gasteiger partial charge is 0.333 e. The molecule has 6 nitrogen and oxygen atoms in total. The third kappa shape index (κ3) is 4.87. The number of carbonyl (C=O) groups is 1. The maximum absolute atomic E-state index is 11.4. The Morgan fingerprint density at radius 3 is 2.38 bits per heavy atom. The zero-order valence-electron chi connectivity index (χ0n) is 8.38. The summed E-state index contributed by atoms with van der Waals surface area (Å²) >= 11 is 0. The lowest BCUT2D eigenvalue weighted by Crippen LogP contribution is -2.34. The molecule has 0 fully saturated rings. The zero-order valence-corrected chi connectivity index (χ0v) is 9.20. The summed E-state index contributed by atoms with van der Waals surface area (Å²) in [5.74, 6) is -0.294. The summed E-state index contributed by atoms with van der Waals surface area (Å²) in [6, 6.07) is 8.53. The summed E-state index contributed by atoms with van der Waals surface area (Å²) in [4.78, 5) is 11.4. The molecule has 0 spiro atoms. The molecule has 0 aromatic heterocycles. The van der Waals surface area contributed by atoms with E-state index in [4.69, 9.17) is 4.55 Å². The molecule has 0 saturated carbocycles. The van der Waals surface area contributed by atoms with Gasteiger partial charge in [0.1, 0.15) is 0 Å². The van der Waals surface area contributed by atoms with E-state index in [1.54, 1.807) is 30.3 Å². The molecule has 0 atom stereocenters. The van der Waals surface area contributed by atoms with E-state index in [0.717, 1.165) is 0 Å².